The zero-order chi connectivity index (χ0) is 16.8. The minimum atomic E-state index is -3.67. The van der Waals surface area contributed by atoms with Gasteiger partial charge in [0.15, 0.2) is 0 Å². The van der Waals surface area contributed by atoms with E-state index in [1.165, 1.54) is 29.6 Å². The summed E-state index contributed by atoms with van der Waals surface area (Å²) in [5.74, 6) is -0.850. The molecule has 1 fully saturated rings. The van der Waals surface area contributed by atoms with Gasteiger partial charge in [-0.05, 0) is 31.0 Å². The van der Waals surface area contributed by atoms with Crippen molar-refractivity contribution in [3.05, 3.63) is 29.3 Å². The molecule has 0 spiro atoms. The van der Waals surface area contributed by atoms with Crippen LogP contribution in [0.5, 0.6) is 0 Å². The van der Waals surface area contributed by atoms with Gasteiger partial charge >= 0.3 is 0 Å². The molecule has 0 bridgehead atoms. The summed E-state index contributed by atoms with van der Waals surface area (Å²) in [6, 6.07) is 4.17. The molecular weight excluding hydrogens is 316 g/mol. The molecule has 1 aromatic carbocycles. The second-order valence-corrected chi connectivity index (χ2v) is 8.19. The fraction of sp³-hybridized carbons (Fsp3) is 0.500. The first-order valence-corrected chi connectivity index (χ1v) is 9.22. The zero-order valence-corrected chi connectivity index (χ0v) is 14.1. The summed E-state index contributed by atoms with van der Waals surface area (Å²) < 4.78 is 27.0. The zero-order valence-electron chi connectivity index (χ0n) is 13.3. The minimum Gasteiger partial charge on any atom is -0.277 e. The largest absolute Gasteiger partial charge is 0.277 e. The Bertz CT molecular complexity index is 766. The lowest BCUT2D eigenvalue weighted by Gasteiger charge is -2.30. The van der Waals surface area contributed by atoms with Crippen LogP contribution in [0, 0.1) is 0 Å². The SMILES string of the molecule is CN1C(=O)c2ccc(S(=O)(=O)N(C)C3CCCCC3)cc2C1=O. The molecule has 3 rings (SSSR count). The number of fused-ring (bicyclic) bond motifs is 1. The Hall–Kier alpha value is -1.73. The van der Waals surface area contributed by atoms with E-state index in [0.717, 1.165) is 37.0 Å². The maximum Gasteiger partial charge on any atom is 0.261 e. The highest BCUT2D eigenvalue weighted by Crippen LogP contribution is 2.29. The van der Waals surface area contributed by atoms with E-state index >= 15 is 0 Å². The maximum atomic E-state index is 12.8. The van der Waals surface area contributed by atoms with Crippen molar-refractivity contribution in [3.63, 3.8) is 0 Å². The molecule has 0 unspecified atom stereocenters. The third-order valence-electron chi connectivity index (χ3n) is 4.83. The normalized spacial score (nSPS) is 19.5. The Morgan fingerprint density at radius 3 is 2.30 bits per heavy atom. The molecule has 124 valence electrons. The first kappa shape index (κ1) is 16.1. The maximum absolute atomic E-state index is 12.8. The van der Waals surface area contributed by atoms with Gasteiger partial charge in [0, 0.05) is 20.1 Å². The molecule has 6 nitrogen and oxygen atoms in total. The molecular formula is C16H20N2O4S. The number of imide groups is 1. The van der Waals surface area contributed by atoms with Crippen LogP contribution in [0.15, 0.2) is 23.1 Å². The van der Waals surface area contributed by atoms with Crippen molar-refractivity contribution in [2.75, 3.05) is 14.1 Å². The summed E-state index contributed by atoms with van der Waals surface area (Å²) >= 11 is 0. The van der Waals surface area contributed by atoms with Crippen LogP contribution in [-0.2, 0) is 10.0 Å². The molecule has 1 heterocycles. The van der Waals surface area contributed by atoms with Crippen LogP contribution < -0.4 is 0 Å². The van der Waals surface area contributed by atoms with Crippen LogP contribution in [0.2, 0.25) is 0 Å². The lowest BCUT2D eigenvalue weighted by Crippen LogP contribution is -2.38. The molecule has 0 saturated heterocycles. The molecule has 0 aromatic heterocycles. The van der Waals surface area contributed by atoms with Crippen LogP contribution in [0.4, 0.5) is 0 Å². The number of hydrogen-bond acceptors (Lipinski definition) is 4. The van der Waals surface area contributed by atoms with Gasteiger partial charge in [0.25, 0.3) is 11.8 Å². The Balaban J connectivity index is 1.95. The van der Waals surface area contributed by atoms with E-state index in [2.05, 4.69) is 0 Å². The third-order valence-corrected chi connectivity index (χ3v) is 6.73. The minimum absolute atomic E-state index is 0.00186. The monoisotopic (exact) mass is 336 g/mol. The number of amides is 2. The molecule has 1 aromatic rings. The number of benzene rings is 1. The van der Waals surface area contributed by atoms with Crippen molar-refractivity contribution in [1.82, 2.24) is 9.21 Å². The Morgan fingerprint density at radius 1 is 1.04 bits per heavy atom. The van der Waals surface area contributed by atoms with Gasteiger partial charge < -0.3 is 0 Å². The van der Waals surface area contributed by atoms with Gasteiger partial charge in [0.1, 0.15) is 0 Å². The fourth-order valence-electron chi connectivity index (χ4n) is 3.31. The van der Waals surface area contributed by atoms with Gasteiger partial charge in [0.2, 0.25) is 10.0 Å². The molecule has 0 N–H and O–H groups in total. The summed E-state index contributed by atoms with van der Waals surface area (Å²) in [5, 5.41) is 0. The topological polar surface area (TPSA) is 74.8 Å². The molecule has 2 amide bonds. The van der Waals surface area contributed by atoms with E-state index in [9.17, 15) is 18.0 Å². The fourth-order valence-corrected chi connectivity index (χ4v) is 4.75. The van der Waals surface area contributed by atoms with E-state index in [-0.39, 0.29) is 22.1 Å². The molecule has 23 heavy (non-hydrogen) atoms. The highest BCUT2D eigenvalue weighted by atomic mass is 32.2. The quantitative estimate of drug-likeness (QED) is 0.790. The molecule has 1 aliphatic carbocycles. The third kappa shape index (κ3) is 2.57. The standard InChI is InChI=1S/C16H20N2O4S/c1-17-15(19)13-9-8-12(10-14(13)16(17)20)23(21,22)18(2)11-6-4-3-5-7-11/h8-11H,3-7H2,1-2H3. The number of carbonyl (C=O) groups is 2. The van der Waals surface area contributed by atoms with E-state index in [4.69, 9.17) is 0 Å². The van der Waals surface area contributed by atoms with Crippen LogP contribution >= 0.6 is 0 Å². The van der Waals surface area contributed by atoms with Crippen molar-refractivity contribution in [3.8, 4) is 0 Å². The highest BCUT2D eigenvalue weighted by Gasteiger charge is 2.35. The summed E-state index contributed by atoms with van der Waals surface area (Å²) in [7, 11) is -0.677. The van der Waals surface area contributed by atoms with Gasteiger partial charge in [-0.3, -0.25) is 14.5 Å². The summed E-state index contributed by atoms with van der Waals surface area (Å²) in [6.07, 6.45) is 4.94. The lowest BCUT2D eigenvalue weighted by atomic mass is 9.96. The van der Waals surface area contributed by atoms with Crippen LogP contribution in [0.25, 0.3) is 0 Å². The van der Waals surface area contributed by atoms with Crippen molar-refractivity contribution >= 4 is 21.8 Å². The lowest BCUT2D eigenvalue weighted by molar-refractivity contribution is 0.0693. The van der Waals surface area contributed by atoms with Gasteiger partial charge in [-0.15, -0.1) is 0 Å². The van der Waals surface area contributed by atoms with Crippen molar-refractivity contribution in [2.24, 2.45) is 0 Å². The Kier molecular flexibility index (Phi) is 4.01. The second kappa shape index (κ2) is 5.72. The van der Waals surface area contributed by atoms with Gasteiger partial charge in [-0.25, -0.2) is 8.42 Å². The van der Waals surface area contributed by atoms with Gasteiger partial charge in [0.05, 0.1) is 16.0 Å². The van der Waals surface area contributed by atoms with E-state index in [1.807, 2.05) is 0 Å². The van der Waals surface area contributed by atoms with Crippen LogP contribution in [0.1, 0.15) is 52.8 Å². The van der Waals surface area contributed by atoms with Crippen LogP contribution in [0.3, 0.4) is 0 Å². The highest BCUT2D eigenvalue weighted by molar-refractivity contribution is 7.89. The summed E-state index contributed by atoms with van der Waals surface area (Å²) in [5.41, 5.74) is 0.424. The van der Waals surface area contributed by atoms with Gasteiger partial charge in [-0.1, -0.05) is 19.3 Å². The first-order chi connectivity index (χ1) is 10.8. The smallest absolute Gasteiger partial charge is 0.261 e. The molecule has 1 aliphatic heterocycles. The van der Waals surface area contributed by atoms with E-state index < -0.39 is 21.8 Å². The predicted molar refractivity (Wildman–Crippen MR) is 84.7 cm³/mol. The second-order valence-electron chi connectivity index (χ2n) is 6.19. The Morgan fingerprint density at radius 2 is 1.65 bits per heavy atom. The predicted octanol–water partition coefficient (Wildman–Crippen LogP) is 1.87. The molecule has 0 atom stereocenters. The summed E-state index contributed by atoms with van der Waals surface area (Å²) in [4.78, 5) is 25.0. The average Bonchev–Trinajstić information content (AvgIpc) is 2.79. The number of carbonyl (C=O) groups excluding carboxylic acids is 2. The summed E-state index contributed by atoms with van der Waals surface area (Å²) in [6.45, 7) is 0. The molecule has 1 saturated carbocycles. The number of rotatable bonds is 3. The average molecular weight is 336 g/mol. The van der Waals surface area contributed by atoms with Gasteiger partial charge in [-0.2, -0.15) is 4.31 Å². The molecule has 0 radical (unpaired) electrons. The number of hydrogen-bond donors (Lipinski definition) is 0. The number of sulfonamides is 1. The molecule has 2 aliphatic rings. The molecule has 7 heteroatoms. The van der Waals surface area contributed by atoms with E-state index in [0.29, 0.717) is 0 Å². The first-order valence-electron chi connectivity index (χ1n) is 7.78. The Labute approximate surface area is 136 Å². The van der Waals surface area contributed by atoms with Crippen molar-refractivity contribution < 1.29 is 18.0 Å². The van der Waals surface area contributed by atoms with Crippen molar-refractivity contribution in [1.29, 1.82) is 0 Å². The van der Waals surface area contributed by atoms with Crippen LogP contribution in [-0.4, -0.2) is 49.6 Å². The van der Waals surface area contributed by atoms with E-state index in [1.54, 1.807) is 7.05 Å². The number of nitrogens with zero attached hydrogens (tertiary/aromatic N) is 2. The van der Waals surface area contributed by atoms with Crippen molar-refractivity contribution in [2.45, 2.75) is 43.0 Å².